The zero-order valence-corrected chi connectivity index (χ0v) is 13.2. The average Bonchev–Trinajstić information content (AvgIpc) is 2.76. The highest BCUT2D eigenvalue weighted by atomic mass is 32.1. The Morgan fingerprint density at radius 3 is 2.95 bits per heavy atom. The van der Waals surface area contributed by atoms with Gasteiger partial charge in [0.15, 0.2) is 0 Å². The topological polar surface area (TPSA) is 58.4 Å². The highest BCUT2D eigenvalue weighted by molar-refractivity contribution is 7.14. The van der Waals surface area contributed by atoms with Gasteiger partial charge in [0.2, 0.25) is 0 Å². The van der Waals surface area contributed by atoms with Gasteiger partial charge >= 0.3 is 0 Å². The molecule has 1 fully saturated rings. The predicted molar refractivity (Wildman–Crippen MR) is 83.4 cm³/mol. The number of nitrogens with one attached hydrogen (secondary N) is 1. The van der Waals surface area contributed by atoms with Crippen LogP contribution in [0.15, 0.2) is 12.1 Å². The summed E-state index contributed by atoms with van der Waals surface area (Å²) in [6, 6.07) is 3.90. The van der Waals surface area contributed by atoms with Gasteiger partial charge in [0, 0.05) is 11.4 Å². The fraction of sp³-hybridized carbons (Fsp3) is 0.667. The molecule has 20 heavy (non-hydrogen) atoms. The van der Waals surface area contributed by atoms with E-state index in [4.69, 9.17) is 5.84 Å². The molecule has 0 radical (unpaired) electrons. The van der Waals surface area contributed by atoms with E-state index in [2.05, 4.69) is 24.2 Å². The Kier molecular flexibility index (Phi) is 5.57. The van der Waals surface area contributed by atoms with Crippen LogP contribution in [-0.4, -0.2) is 23.9 Å². The molecule has 1 unspecified atom stereocenters. The number of nitrogens with zero attached hydrogens (tertiary/aromatic N) is 1. The van der Waals surface area contributed by atoms with E-state index >= 15 is 0 Å². The molecule has 1 aromatic rings. The lowest BCUT2D eigenvalue weighted by Crippen LogP contribution is -2.29. The number of nitrogens with two attached hydrogens (primary N) is 1. The van der Waals surface area contributed by atoms with E-state index in [9.17, 15) is 4.79 Å². The Balaban J connectivity index is 1.90. The third kappa shape index (κ3) is 4.04. The summed E-state index contributed by atoms with van der Waals surface area (Å²) in [5.74, 6) is 6.61. The summed E-state index contributed by atoms with van der Waals surface area (Å²) in [4.78, 5) is 15.9. The molecule has 1 aliphatic rings. The lowest BCUT2D eigenvalue weighted by atomic mass is 9.89. The van der Waals surface area contributed by atoms with Gasteiger partial charge in [-0.2, -0.15) is 0 Å². The van der Waals surface area contributed by atoms with Gasteiger partial charge in [0.05, 0.1) is 4.88 Å². The summed E-state index contributed by atoms with van der Waals surface area (Å²) in [5, 5.41) is 0. The molecule has 0 aliphatic carbocycles. The monoisotopic (exact) mass is 295 g/mol. The number of hydrogen-bond donors (Lipinski definition) is 2. The summed E-state index contributed by atoms with van der Waals surface area (Å²) < 4.78 is 0. The Morgan fingerprint density at radius 2 is 2.25 bits per heavy atom. The molecule has 2 heterocycles. The van der Waals surface area contributed by atoms with Crippen LogP contribution in [0.2, 0.25) is 0 Å². The average molecular weight is 295 g/mol. The van der Waals surface area contributed by atoms with E-state index < -0.39 is 0 Å². The van der Waals surface area contributed by atoms with Crippen molar-refractivity contribution in [3.05, 3.63) is 21.9 Å². The van der Waals surface area contributed by atoms with Crippen LogP contribution in [0.25, 0.3) is 0 Å². The van der Waals surface area contributed by atoms with Crippen LogP contribution >= 0.6 is 11.3 Å². The maximum absolute atomic E-state index is 11.5. The van der Waals surface area contributed by atoms with Gasteiger partial charge in [-0.15, -0.1) is 11.3 Å². The number of carbonyl (C=O) groups excluding carboxylic acids is 1. The van der Waals surface area contributed by atoms with E-state index in [1.165, 1.54) is 48.6 Å². The fourth-order valence-electron chi connectivity index (χ4n) is 2.88. The molecule has 0 aromatic carbocycles. The quantitative estimate of drug-likeness (QED) is 0.510. The van der Waals surface area contributed by atoms with Crippen LogP contribution in [0, 0.1) is 11.8 Å². The Hall–Kier alpha value is -0.910. The molecule has 1 amide bonds. The van der Waals surface area contributed by atoms with Crippen molar-refractivity contribution in [1.29, 1.82) is 0 Å². The number of hydrogen-bond acceptors (Lipinski definition) is 4. The molecule has 0 spiro atoms. The summed E-state index contributed by atoms with van der Waals surface area (Å²) >= 11 is 1.54. The molecule has 3 N–H and O–H groups in total. The number of likely N-dealkylation sites (tertiary alicyclic amines) is 1. The number of nitrogen functional groups attached to an aromatic ring is 1. The van der Waals surface area contributed by atoms with E-state index in [-0.39, 0.29) is 5.91 Å². The number of thiophene rings is 1. The van der Waals surface area contributed by atoms with Crippen LogP contribution in [0.3, 0.4) is 0 Å². The first-order chi connectivity index (χ1) is 9.60. The number of rotatable bonds is 4. The maximum Gasteiger partial charge on any atom is 0.275 e. The van der Waals surface area contributed by atoms with Gasteiger partial charge in [-0.25, -0.2) is 5.84 Å². The fourth-order valence-corrected chi connectivity index (χ4v) is 3.84. The predicted octanol–water partition coefficient (Wildman–Crippen LogP) is 2.61. The van der Waals surface area contributed by atoms with E-state index in [0.717, 1.165) is 18.4 Å². The van der Waals surface area contributed by atoms with Crippen molar-refractivity contribution < 1.29 is 4.79 Å². The van der Waals surface area contributed by atoms with Gasteiger partial charge in [0.25, 0.3) is 5.91 Å². The summed E-state index contributed by atoms with van der Waals surface area (Å²) in [5.41, 5.74) is 2.18. The zero-order chi connectivity index (χ0) is 14.5. The van der Waals surface area contributed by atoms with Crippen molar-refractivity contribution in [2.75, 3.05) is 13.1 Å². The SMILES string of the molecule is CC(C)C1CCCN(Cc2ccc(C(=O)NN)s2)CC1. The molecular weight excluding hydrogens is 270 g/mol. The molecule has 1 aromatic heterocycles. The molecule has 1 saturated heterocycles. The highest BCUT2D eigenvalue weighted by Gasteiger charge is 2.20. The van der Waals surface area contributed by atoms with E-state index in [0.29, 0.717) is 4.88 Å². The second kappa shape index (κ2) is 7.20. The van der Waals surface area contributed by atoms with Crippen molar-refractivity contribution in [2.45, 2.75) is 39.7 Å². The molecule has 2 rings (SSSR count). The maximum atomic E-state index is 11.5. The first-order valence-corrected chi connectivity index (χ1v) is 8.23. The smallest absolute Gasteiger partial charge is 0.275 e. The summed E-state index contributed by atoms with van der Waals surface area (Å²) in [7, 11) is 0. The van der Waals surface area contributed by atoms with Gasteiger partial charge in [-0.1, -0.05) is 13.8 Å². The minimum atomic E-state index is -0.197. The van der Waals surface area contributed by atoms with Crippen LogP contribution in [-0.2, 0) is 6.54 Å². The van der Waals surface area contributed by atoms with Crippen molar-refractivity contribution in [2.24, 2.45) is 17.7 Å². The highest BCUT2D eigenvalue weighted by Crippen LogP contribution is 2.26. The Labute approximate surface area is 125 Å². The van der Waals surface area contributed by atoms with Crippen molar-refractivity contribution in [1.82, 2.24) is 10.3 Å². The summed E-state index contributed by atoms with van der Waals surface area (Å²) in [6.07, 6.45) is 3.92. The minimum absolute atomic E-state index is 0.197. The third-order valence-electron chi connectivity index (χ3n) is 4.20. The van der Waals surface area contributed by atoms with Crippen LogP contribution in [0.1, 0.15) is 47.7 Å². The molecule has 0 bridgehead atoms. The van der Waals surface area contributed by atoms with Gasteiger partial charge in [-0.05, 0) is 56.3 Å². The van der Waals surface area contributed by atoms with E-state index in [1.807, 2.05) is 12.1 Å². The number of carbonyl (C=O) groups is 1. The molecule has 1 aliphatic heterocycles. The summed E-state index contributed by atoms with van der Waals surface area (Å²) in [6.45, 7) is 7.95. The molecular formula is C15H25N3OS. The third-order valence-corrected chi connectivity index (χ3v) is 5.27. The Bertz CT molecular complexity index is 444. The number of amides is 1. The molecule has 5 heteroatoms. The Morgan fingerprint density at radius 1 is 1.45 bits per heavy atom. The van der Waals surface area contributed by atoms with Gasteiger partial charge < -0.3 is 0 Å². The van der Waals surface area contributed by atoms with Crippen molar-refractivity contribution in [3.8, 4) is 0 Å². The second-order valence-electron chi connectivity index (χ2n) is 5.95. The van der Waals surface area contributed by atoms with Gasteiger partial charge in [-0.3, -0.25) is 15.1 Å². The molecule has 1 atom stereocenters. The first kappa shape index (κ1) is 15.5. The van der Waals surface area contributed by atoms with Crippen LogP contribution in [0.4, 0.5) is 0 Å². The lowest BCUT2D eigenvalue weighted by Gasteiger charge is -2.20. The normalized spacial score (nSPS) is 20.9. The second-order valence-corrected chi connectivity index (χ2v) is 7.12. The lowest BCUT2D eigenvalue weighted by molar-refractivity contribution is 0.0957. The van der Waals surface area contributed by atoms with E-state index in [1.54, 1.807) is 0 Å². The van der Waals surface area contributed by atoms with Crippen LogP contribution in [0.5, 0.6) is 0 Å². The standard InChI is InChI=1S/C15H25N3OS/c1-11(2)12-4-3-8-18(9-7-12)10-13-5-6-14(20-13)15(19)17-16/h5-6,11-12H,3-4,7-10,16H2,1-2H3,(H,17,19). The van der Waals surface area contributed by atoms with Crippen LogP contribution < -0.4 is 11.3 Å². The molecule has 0 saturated carbocycles. The zero-order valence-electron chi connectivity index (χ0n) is 12.4. The molecule has 112 valence electrons. The van der Waals surface area contributed by atoms with Gasteiger partial charge in [0.1, 0.15) is 0 Å². The largest absolute Gasteiger partial charge is 0.298 e. The minimum Gasteiger partial charge on any atom is -0.298 e. The number of hydrazine groups is 1. The molecule has 4 nitrogen and oxygen atoms in total. The van der Waals surface area contributed by atoms with Crippen molar-refractivity contribution >= 4 is 17.2 Å². The van der Waals surface area contributed by atoms with Crippen molar-refractivity contribution in [3.63, 3.8) is 0 Å². The first-order valence-electron chi connectivity index (χ1n) is 7.42.